The minimum Gasteiger partial charge on any atom is -0.369 e. The number of benzene rings is 1. The summed E-state index contributed by atoms with van der Waals surface area (Å²) in [7, 11) is 1.54. The summed E-state index contributed by atoms with van der Waals surface area (Å²) >= 11 is 0. The average Bonchev–Trinajstić information content (AvgIpc) is 3.17. The fourth-order valence-electron chi connectivity index (χ4n) is 3.60. The van der Waals surface area contributed by atoms with Gasteiger partial charge in [-0.15, -0.1) is 0 Å². The van der Waals surface area contributed by atoms with E-state index in [2.05, 4.69) is 6.07 Å². The maximum Gasteiger partial charge on any atom is 0.188 e. The SMILES string of the molecule is CO[C@H]1OC(C)(C)O[C@@H]1[C@@H](C#N)[C@@H](OCc1ccccc1)[C@H]1COC(C)(C)O1. The molecule has 0 amide bonds. The van der Waals surface area contributed by atoms with Gasteiger partial charge in [-0.25, -0.2) is 0 Å². The van der Waals surface area contributed by atoms with Crippen molar-refractivity contribution in [1.29, 1.82) is 5.26 Å². The van der Waals surface area contributed by atoms with Crippen LogP contribution in [0.5, 0.6) is 0 Å². The predicted octanol–water partition coefficient (Wildman–Crippen LogP) is 2.99. The lowest BCUT2D eigenvalue weighted by atomic mass is 9.92. The third-order valence-electron chi connectivity index (χ3n) is 4.86. The lowest BCUT2D eigenvalue weighted by Crippen LogP contribution is -2.46. The molecule has 0 aliphatic carbocycles. The van der Waals surface area contributed by atoms with Gasteiger partial charge in [0.05, 0.1) is 19.3 Å². The topological polar surface area (TPSA) is 79.2 Å². The molecule has 2 heterocycles. The van der Waals surface area contributed by atoms with Crippen molar-refractivity contribution in [3.63, 3.8) is 0 Å². The number of methoxy groups -OCH3 is 1. The molecule has 0 saturated carbocycles. The Bertz CT molecular complexity index is 686. The van der Waals surface area contributed by atoms with Gasteiger partial charge in [-0.05, 0) is 33.3 Å². The standard InChI is InChI=1S/C21H29NO6/c1-20(2)25-13-16(26-20)17(24-12-14-9-7-6-8-10-14)15(11-22)18-19(23-5)28-21(3,4)27-18/h6-10,15-19H,12-13H2,1-5H3/t15-,16+,17+,18+,19-/m0/s1. The summed E-state index contributed by atoms with van der Waals surface area (Å²) in [5, 5.41) is 10.0. The monoisotopic (exact) mass is 391 g/mol. The zero-order chi connectivity index (χ0) is 20.4. The molecular formula is C21H29NO6. The van der Waals surface area contributed by atoms with E-state index in [-0.39, 0.29) is 0 Å². The van der Waals surface area contributed by atoms with Crippen molar-refractivity contribution in [1.82, 2.24) is 0 Å². The van der Waals surface area contributed by atoms with E-state index in [0.717, 1.165) is 5.56 Å². The fraction of sp³-hybridized carbons (Fsp3) is 0.667. The van der Waals surface area contributed by atoms with Gasteiger partial charge < -0.3 is 28.4 Å². The first kappa shape index (κ1) is 21.2. The molecule has 2 saturated heterocycles. The molecule has 0 spiro atoms. The van der Waals surface area contributed by atoms with Crippen LogP contribution in [0.1, 0.15) is 33.3 Å². The number of nitriles is 1. The molecule has 1 aromatic rings. The first-order valence-corrected chi connectivity index (χ1v) is 9.50. The summed E-state index contributed by atoms with van der Waals surface area (Å²) in [6.07, 6.45) is -2.27. The lowest BCUT2D eigenvalue weighted by Gasteiger charge is -2.31. The van der Waals surface area contributed by atoms with Gasteiger partial charge in [-0.3, -0.25) is 0 Å². The quantitative estimate of drug-likeness (QED) is 0.707. The minimum absolute atomic E-state index is 0.333. The number of hydrogen-bond acceptors (Lipinski definition) is 7. The van der Waals surface area contributed by atoms with Gasteiger partial charge in [0.15, 0.2) is 17.9 Å². The molecule has 0 aromatic heterocycles. The summed E-state index contributed by atoms with van der Waals surface area (Å²) in [5.74, 6) is -2.25. The van der Waals surface area contributed by atoms with Crippen LogP contribution in [0.2, 0.25) is 0 Å². The Balaban J connectivity index is 1.82. The lowest BCUT2D eigenvalue weighted by molar-refractivity contribution is -0.183. The van der Waals surface area contributed by atoms with Gasteiger partial charge in [-0.1, -0.05) is 30.3 Å². The molecule has 0 unspecified atom stereocenters. The van der Waals surface area contributed by atoms with E-state index in [1.54, 1.807) is 13.8 Å². The van der Waals surface area contributed by atoms with E-state index >= 15 is 0 Å². The molecule has 28 heavy (non-hydrogen) atoms. The largest absolute Gasteiger partial charge is 0.369 e. The smallest absolute Gasteiger partial charge is 0.188 e. The van der Waals surface area contributed by atoms with Crippen molar-refractivity contribution in [2.75, 3.05) is 13.7 Å². The number of nitrogens with zero attached hydrogens (tertiary/aromatic N) is 1. The van der Waals surface area contributed by atoms with Crippen LogP contribution in [0.15, 0.2) is 30.3 Å². The van der Waals surface area contributed by atoms with E-state index in [4.69, 9.17) is 28.4 Å². The molecule has 7 heteroatoms. The molecule has 0 radical (unpaired) electrons. The van der Waals surface area contributed by atoms with E-state index in [0.29, 0.717) is 13.2 Å². The highest BCUT2D eigenvalue weighted by Gasteiger charge is 2.51. The third-order valence-corrected chi connectivity index (χ3v) is 4.86. The Morgan fingerprint density at radius 2 is 1.82 bits per heavy atom. The van der Waals surface area contributed by atoms with Crippen LogP contribution in [0, 0.1) is 17.2 Å². The number of ether oxygens (including phenoxy) is 6. The molecule has 2 aliphatic heterocycles. The van der Waals surface area contributed by atoms with Gasteiger partial charge in [0.2, 0.25) is 0 Å². The summed E-state index contributed by atoms with van der Waals surface area (Å²) in [4.78, 5) is 0. The van der Waals surface area contributed by atoms with Crippen molar-refractivity contribution in [3.8, 4) is 6.07 Å². The van der Waals surface area contributed by atoms with Gasteiger partial charge in [-0.2, -0.15) is 5.26 Å². The number of hydrogen-bond donors (Lipinski definition) is 0. The number of rotatable bonds is 7. The Hall–Kier alpha value is -1.53. The molecule has 7 nitrogen and oxygen atoms in total. The maximum atomic E-state index is 10.0. The van der Waals surface area contributed by atoms with Gasteiger partial charge in [0, 0.05) is 7.11 Å². The van der Waals surface area contributed by atoms with Crippen molar-refractivity contribution in [2.45, 2.75) is 70.5 Å². The van der Waals surface area contributed by atoms with Crippen molar-refractivity contribution < 1.29 is 28.4 Å². The highest BCUT2D eigenvalue weighted by atomic mass is 16.8. The van der Waals surface area contributed by atoms with Crippen molar-refractivity contribution in [3.05, 3.63) is 35.9 Å². The molecule has 2 aliphatic rings. The van der Waals surface area contributed by atoms with Crippen LogP contribution in [0.3, 0.4) is 0 Å². The molecule has 0 N–H and O–H groups in total. The molecule has 1 aromatic carbocycles. The van der Waals surface area contributed by atoms with Crippen molar-refractivity contribution >= 4 is 0 Å². The second-order valence-corrected chi connectivity index (χ2v) is 7.99. The molecule has 2 fully saturated rings. The predicted molar refractivity (Wildman–Crippen MR) is 99.9 cm³/mol. The zero-order valence-electron chi connectivity index (χ0n) is 17.1. The first-order valence-electron chi connectivity index (χ1n) is 9.50. The Morgan fingerprint density at radius 3 is 2.39 bits per heavy atom. The highest BCUT2D eigenvalue weighted by Crippen LogP contribution is 2.37. The van der Waals surface area contributed by atoms with Crippen LogP contribution >= 0.6 is 0 Å². The Morgan fingerprint density at radius 1 is 1.11 bits per heavy atom. The van der Waals surface area contributed by atoms with Crippen LogP contribution in [0.25, 0.3) is 0 Å². The van der Waals surface area contributed by atoms with Gasteiger partial charge >= 0.3 is 0 Å². The van der Waals surface area contributed by atoms with E-state index < -0.39 is 42.1 Å². The second-order valence-electron chi connectivity index (χ2n) is 7.99. The van der Waals surface area contributed by atoms with Crippen LogP contribution < -0.4 is 0 Å². The summed E-state index contributed by atoms with van der Waals surface area (Å²) < 4.78 is 35.2. The molecular weight excluding hydrogens is 362 g/mol. The van der Waals surface area contributed by atoms with Crippen LogP contribution in [0.4, 0.5) is 0 Å². The second kappa shape index (κ2) is 8.46. The fourth-order valence-corrected chi connectivity index (χ4v) is 3.60. The molecule has 154 valence electrons. The molecule has 3 rings (SSSR count). The van der Waals surface area contributed by atoms with Gasteiger partial charge in [0.25, 0.3) is 0 Å². The first-order chi connectivity index (χ1) is 13.2. The maximum absolute atomic E-state index is 10.0. The normalized spacial score (nSPS) is 30.6. The third kappa shape index (κ3) is 4.90. The Kier molecular flexibility index (Phi) is 6.40. The molecule has 5 atom stereocenters. The van der Waals surface area contributed by atoms with Gasteiger partial charge in [0.1, 0.15) is 24.2 Å². The highest BCUT2D eigenvalue weighted by molar-refractivity contribution is 5.13. The zero-order valence-corrected chi connectivity index (χ0v) is 17.1. The van der Waals surface area contributed by atoms with Crippen molar-refractivity contribution in [2.24, 2.45) is 5.92 Å². The molecule has 0 bridgehead atoms. The summed E-state index contributed by atoms with van der Waals surface area (Å²) in [6, 6.07) is 12.1. The Labute approximate surface area is 166 Å². The van der Waals surface area contributed by atoms with E-state index in [1.807, 2.05) is 44.2 Å². The van der Waals surface area contributed by atoms with E-state index in [9.17, 15) is 5.26 Å². The summed E-state index contributed by atoms with van der Waals surface area (Å²) in [5.41, 5.74) is 1.01. The average molecular weight is 391 g/mol. The minimum atomic E-state index is -0.850. The van der Waals surface area contributed by atoms with E-state index in [1.165, 1.54) is 7.11 Å². The van der Waals surface area contributed by atoms with Crippen LogP contribution in [-0.2, 0) is 35.0 Å². The van der Waals surface area contributed by atoms with Crippen LogP contribution in [-0.4, -0.2) is 49.9 Å². The summed E-state index contributed by atoms with van der Waals surface area (Å²) in [6.45, 7) is 7.97.